The molecule has 16 nitrogen and oxygen atoms in total. The summed E-state index contributed by atoms with van der Waals surface area (Å²) in [4.78, 5) is 69.4. The summed E-state index contributed by atoms with van der Waals surface area (Å²) in [7, 11) is -2.29. The number of thiazole rings is 1. The monoisotopic (exact) mass is 678 g/mol. The minimum absolute atomic E-state index is 0. The van der Waals surface area contributed by atoms with Crippen molar-refractivity contribution >= 4 is 133 Å². The number of carbonyl (C=O) groups is 5. The molecule has 226 valence electrons. The number of carboxylic acids is 2. The van der Waals surface area contributed by atoms with Gasteiger partial charge in [0.25, 0.3) is 11.8 Å². The van der Waals surface area contributed by atoms with E-state index < -0.39 is 67.1 Å². The van der Waals surface area contributed by atoms with Gasteiger partial charge in [-0.15, -0.1) is 23.1 Å². The van der Waals surface area contributed by atoms with Crippen LogP contribution in [0.5, 0.6) is 0 Å². The van der Waals surface area contributed by atoms with Crippen LogP contribution in [0.2, 0.25) is 0 Å². The molecule has 0 bridgehead atoms. The Bertz CT molecular complexity index is 1530. The molecule has 0 aliphatic carbocycles. The van der Waals surface area contributed by atoms with Crippen molar-refractivity contribution in [3.05, 3.63) is 22.3 Å². The van der Waals surface area contributed by atoms with Crippen LogP contribution in [0.4, 0.5) is 5.13 Å². The number of sulfone groups is 1. The van der Waals surface area contributed by atoms with Crippen molar-refractivity contribution in [1.82, 2.24) is 20.1 Å². The fourth-order valence-electron chi connectivity index (χ4n) is 4.91. The van der Waals surface area contributed by atoms with Crippen molar-refractivity contribution in [1.29, 1.82) is 0 Å². The molecule has 21 heteroatoms. The fraction of sp³-hybridized carbons (Fsp3) is 0.500. The maximum absolute atomic E-state index is 12.5. The maximum atomic E-state index is 12.5. The average Bonchev–Trinajstić information content (AvgIpc) is 3.36. The van der Waals surface area contributed by atoms with Crippen LogP contribution in [-0.2, 0) is 38.6 Å². The second kappa shape index (κ2) is 13.7. The summed E-state index contributed by atoms with van der Waals surface area (Å²) in [5.41, 5.74) is 6.27. The van der Waals surface area contributed by atoms with Crippen LogP contribution in [0, 0.1) is 0 Å². The van der Waals surface area contributed by atoms with Gasteiger partial charge < -0.3 is 31.0 Å². The molecule has 5 N–H and O–H groups in total. The van der Waals surface area contributed by atoms with E-state index in [-0.39, 0.29) is 87.8 Å². The first kappa shape index (κ1) is 37.5. The van der Waals surface area contributed by atoms with Crippen molar-refractivity contribution < 1.29 is 47.4 Å². The van der Waals surface area contributed by atoms with E-state index in [0.29, 0.717) is 11.3 Å². The molecule has 1 aromatic heterocycles. The molecule has 0 spiro atoms. The number of nitrogens with two attached hydrogens (primary N) is 1. The Kier molecular flexibility index (Phi) is 12.0. The van der Waals surface area contributed by atoms with Gasteiger partial charge in [0, 0.05) is 11.1 Å². The topological polar surface area (TPSA) is 239 Å². The average molecular weight is 679 g/mol. The van der Waals surface area contributed by atoms with Crippen molar-refractivity contribution in [3.63, 3.8) is 0 Å². The zero-order valence-electron chi connectivity index (χ0n) is 22.1. The van der Waals surface area contributed by atoms with E-state index in [1.165, 1.54) is 37.6 Å². The number of carbonyl (C=O) groups excluding carboxylic acids is 3. The number of carboxylic acid groups (broad SMARTS) is 2. The molecule has 3 amide bonds. The minimum atomic E-state index is -3.57. The van der Waals surface area contributed by atoms with E-state index in [0.717, 1.165) is 16.2 Å². The normalized spacial score (nSPS) is 26.2. The van der Waals surface area contributed by atoms with Gasteiger partial charge in [-0.25, -0.2) is 23.0 Å². The molecule has 4 aliphatic heterocycles. The molecular formula is C22H28N6Na2O10S3. The Morgan fingerprint density at radius 1 is 1.23 bits per heavy atom. The first-order valence-corrected chi connectivity index (χ1v) is 15.3. The summed E-state index contributed by atoms with van der Waals surface area (Å²) in [6.45, 7) is 4.38. The van der Waals surface area contributed by atoms with Crippen molar-refractivity contribution in [2.24, 2.45) is 5.16 Å². The van der Waals surface area contributed by atoms with Gasteiger partial charge in [0.05, 0.1) is 11.2 Å². The molecule has 5 rings (SSSR count). The number of hydrogen-bond acceptors (Lipinski definition) is 13. The summed E-state index contributed by atoms with van der Waals surface area (Å²) in [5, 5.41) is 24.9. The molecule has 3 saturated heterocycles. The standard InChI is InChI=1S/C14H15N5O5S2.C8H11NO5S.2Na.2H/c1-5-3-25-12-8(11(21)19(12)9(5)13(22)23)17-10(20)7(18-24-2)6-4-26-14(15)16-6;1-8(2)6(7(11)12)9-4(10)3-5(9)15(8,13)14;;;;/h4,8,12H,3H2,1-2H3,(H2,15,16)(H,17,20)(H,22,23);5-6H,3H2,1-2H3,(H,11,12);;;;/b18-7-;;;;;/t8-,12-;5-,6+;;;;/m11..../s1. The number of β-lactam (4-membered cyclic amide) rings is 2. The third-order valence-electron chi connectivity index (χ3n) is 7.02. The predicted octanol–water partition coefficient (Wildman–Crippen LogP) is -2.26. The number of aromatic nitrogens is 1. The molecule has 4 aliphatic rings. The Balaban J connectivity index is 0.000000325. The molecule has 0 unspecified atom stereocenters. The Hall–Kier alpha value is -1.71. The summed E-state index contributed by atoms with van der Waals surface area (Å²) in [6, 6.07) is -2.11. The first-order valence-electron chi connectivity index (χ1n) is 11.8. The zero-order valence-corrected chi connectivity index (χ0v) is 24.5. The van der Waals surface area contributed by atoms with Crippen LogP contribution in [0.25, 0.3) is 0 Å². The van der Waals surface area contributed by atoms with E-state index in [9.17, 15) is 37.5 Å². The van der Waals surface area contributed by atoms with E-state index in [1.54, 1.807) is 12.3 Å². The number of oxime groups is 1. The number of anilines is 1. The summed E-state index contributed by atoms with van der Waals surface area (Å²) < 4.78 is 22.4. The Morgan fingerprint density at radius 2 is 1.86 bits per heavy atom. The Labute approximate surface area is 298 Å². The van der Waals surface area contributed by atoms with Crippen LogP contribution in [0.1, 0.15) is 32.9 Å². The van der Waals surface area contributed by atoms with Crippen LogP contribution in [0.3, 0.4) is 0 Å². The second-order valence-corrected chi connectivity index (χ2v) is 14.5. The van der Waals surface area contributed by atoms with Gasteiger partial charge >= 0.3 is 71.1 Å². The van der Waals surface area contributed by atoms with Gasteiger partial charge in [-0.05, 0) is 26.3 Å². The van der Waals surface area contributed by atoms with E-state index in [2.05, 4.69) is 20.3 Å². The summed E-state index contributed by atoms with van der Waals surface area (Å²) in [5.74, 6) is -3.50. The molecule has 1 aromatic rings. The molecular weight excluding hydrogens is 650 g/mol. The van der Waals surface area contributed by atoms with E-state index in [4.69, 9.17) is 10.8 Å². The fourth-order valence-corrected chi connectivity index (χ4v) is 8.87. The van der Waals surface area contributed by atoms with Crippen LogP contribution >= 0.6 is 23.1 Å². The number of aliphatic carboxylic acids is 2. The molecule has 4 atom stereocenters. The van der Waals surface area contributed by atoms with Gasteiger partial charge in [-0.3, -0.25) is 19.3 Å². The quantitative estimate of drug-likeness (QED) is 0.108. The molecule has 0 saturated carbocycles. The van der Waals surface area contributed by atoms with E-state index in [1.807, 2.05) is 0 Å². The van der Waals surface area contributed by atoms with Gasteiger partial charge in [0.15, 0.2) is 20.7 Å². The SMILES string of the molecule is CC1(C)[C@H](C(=O)O)N2C(=O)C[C@H]2S1(=O)=O.CO/N=C(\C(=O)N[C@@H]1C(=O)N2C(C(=O)O)=C(C)CS[C@H]12)c1csc(N)n1.[NaH].[NaH]. The van der Waals surface area contributed by atoms with Crippen molar-refractivity contribution in [2.75, 3.05) is 18.6 Å². The zero-order chi connectivity index (χ0) is 30.6. The van der Waals surface area contributed by atoms with Gasteiger partial charge in [0.1, 0.15) is 41.3 Å². The number of rotatable bonds is 6. The second-order valence-electron chi connectivity index (χ2n) is 9.84. The molecule has 5 heterocycles. The summed E-state index contributed by atoms with van der Waals surface area (Å²) >= 11 is 2.52. The number of hydrogen-bond donors (Lipinski definition) is 4. The third kappa shape index (κ3) is 6.37. The Morgan fingerprint density at radius 3 is 2.33 bits per heavy atom. The van der Waals surface area contributed by atoms with Crippen LogP contribution < -0.4 is 11.1 Å². The van der Waals surface area contributed by atoms with Gasteiger partial charge in [-0.1, -0.05) is 5.16 Å². The number of amides is 3. The van der Waals surface area contributed by atoms with Gasteiger partial charge in [0.2, 0.25) is 5.91 Å². The number of nitrogens with one attached hydrogen (secondary N) is 1. The molecule has 0 radical (unpaired) electrons. The summed E-state index contributed by atoms with van der Waals surface area (Å²) in [6.07, 6.45) is -0.0878. The number of fused-ring (bicyclic) bond motifs is 2. The van der Waals surface area contributed by atoms with E-state index >= 15 is 0 Å². The number of nitrogen functional groups attached to an aromatic ring is 1. The molecule has 43 heavy (non-hydrogen) atoms. The third-order valence-corrected chi connectivity index (χ3v) is 11.9. The van der Waals surface area contributed by atoms with Crippen molar-refractivity contribution in [3.8, 4) is 0 Å². The first-order chi connectivity index (χ1) is 19.1. The van der Waals surface area contributed by atoms with Crippen LogP contribution in [-0.4, -0.2) is 168 Å². The predicted molar refractivity (Wildman–Crippen MR) is 159 cm³/mol. The number of thioether (sulfide) groups is 1. The number of nitrogens with zero attached hydrogens (tertiary/aromatic N) is 4. The van der Waals surface area contributed by atoms with Crippen molar-refractivity contribution in [2.45, 2.75) is 54.8 Å². The molecule has 3 fully saturated rings. The molecule has 0 aromatic carbocycles. The van der Waals surface area contributed by atoms with Gasteiger partial charge in [-0.2, -0.15) is 0 Å². The van der Waals surface area contributed by atoms with Crippen LogP contribution in [0.15, 0.2) is 21.8 Å².